The van der Waals surface area contributed by atoms with E-state index in [-0.39, 0.29) is 11.9 Å². The maximum atomic E-state index is 13.4. The summed E-state index contributed by atoms with van der Waals surface area (Å²) in [5.74, 6) is -0.249. The summed E-state index contributed by atoms with van der Waals surface area (Å²) in [5.41, 5.74) is 6.21. The van der Waals surface area contributed by atoms with Crippen molar-refractivity contribution in [3.05, 3.63) is 35.1 Å². The Morgan fingerprint density at radius 3 is 2.56 bits per heavy atom. The predicted molar refractivity (Wildman–Crippen MR) is 61.5 cm³/mol. The van der Waals surface area contributed by atoms with Crippen molar-refractivity contribution in [1.29, 1.82) is 0 Å². The van der Waals surface area contributed by atoms with Gasteiger partial charge in [-0.25, -0.2) is 4.39 Å². The summed E-state index contributed by atoms with van der Waals surface area (Å²) >= 11 is 0. The molecule has 16 heavy (non-hydrogen) atoms. The van der Waals surface area contributed by atoms with Gasteiger partial charge in [-0.05, 0) is 49.8 Å². The number of hydrogen-bond donors (Lipinski definition) is 2. The number of halogens is 1. The van der Waals surface area contributed by atoms with Crippen LogP contribution >= 0.6 is 0 Å². The van der Waals surface area contributed by atoms with Crippen LogP contribution in [-0.2, 0) is 5.60 Å². The smallest absolute Gasteiger partial charge is 0.126 e. The normalized spacial score (nSPS) is 30.4. The van der Waals surface area contributed by atoms with Crippen LogP contribution < -0.4 is 5.73 Å². The molecule has 1 aromatic carbocycles. The number of aryl methyl sites for hydroxylation is 1. The van der Waals surface area contributed by atoms with Crippen molar-refractivity contribution in [3.63, 3.8) is 0 Å². The Kier molecular flexibility index (Phi) is 3.00. The van der Waals surface area contributed by atoms with Gasteiger partial charge in [-0.3, -0.25) is 0 Å². The van der Waals surface area contributed by atoms with Crippen molar-refractivity contribution in [1.82, 2.24) is 0 Å². The SMILES string of the molecule is Cc1ccc(C2(O)CCC(N)CC2)cc1F. The molecule has 1 aliphatic carbocycles. The lowest BCUT2D eigenvalue weighted by Crippen LogP contribution is -2.36. The molecule has 1 saturated carbocycles. The average molecular weight is 223 g/mol. The van der Waals surface area contributed by atoms with Crippen molar-refractivity contribution in [3.8, 4) is 0 Å². The molecule has 0 atom stereocenters. The summed E-state index contributed by atoms with van der Waals surface area (Å²) in [6, 6.07) is 5.16. The van der Waals surface area contributed by atoms with Crippen molar-refractivity contribution in [2.75, 3.05) is 0 Å². The Morgan fingerprint density at radius 1 is 1.38 bits per heavy atom. The van der Waals surface area contributed by atoms with Crippen molar-refractivity contribution in [2.24, 2.45) is 5.73 Å². The van der Waals surface area contributed by atoms with Gasteiger partial charge in [0.05, 0.1) is 5.60 Å². The third-order valence-electron chi connectivity index (χ3n) is 3.57. The topological polar surface area (TPSA) is 46.2 Å². The van der Waals surface area contributed by atoms with Crippen LogP contribution in [0.25, 0.3) is 0 Å². The van der Waals surface area contributed by atoms with E-state index in [2.05, 4.69) is 0 Å². The molecule has 0 heterocycles. The summed E-state index contributed by atoms with van der Waals surface area (Å²) in [5, 5.41) is 10.5. The van der Waals surface area contributed by atoms with E-state index in [1.54, 1.807) is 13.0 Å². The van der Waals surface area contributed by atoms with Gasteiger partial charge in [0.15, 0.2) is 0 Å². The summed E-state index contributed by atoms with van der Waals surface area (Å²) < 4.78 is 13.4. The second kappa shape index (κ2) is 4.15. The number of hydrogen-bond acceptors (Lipinski definition) is 2. The standard InChI is InChI=1S/C13H18FNO/c1-9-2-3-10(8-12(9)14)13(16)6-4-11(15)5-7-13/h2-3,8,11,16H,4-7,15H2,1H3. The molecule has 3 heteroatoms. The van der Waals surface area contributed by atoms with Crippen LogP contribution in [0.2, 0.25) is 0 Å². The van der Waals surface area contributed by atoms with E-state index in [9.17, 15) is 9.50 Å². The van der Waals surface area contributed by atoms with Gasteiger partial charge in [-0.15, -0.1) is 0 Å². The Labute approximate surface area is 95.3 Å². The first kappa shape index (κ1) is 11.6. The number of aliphatic hydroxyl groups is 1. The third kappa shape index (κ3) is 2.11. The first-order valence-electron chi connectivity index (χ1n) is 5.76. The highest BCUT2D eigenvalue weighted by molar-refractivity contribution is 5.28. The molecule has 2 rings (SSSR count). The van der Waals surface area contributed by atoms with Crippen LogP contribution in [0.4, 0.5) is 4.39 Å². The molecule has 1 aliphatic rings. The molecule has 88 valence electrons. The molecular weight excluding hydrogens is 205 g/mol. The highest BCUT2D eigenvalue weighted by Crippen LogP contribution is 2.36. The predicted octanol–water partition coefficient (Wildman–Crippen LogP) is 2.22. The van der Waals surface area contributed by atoms with Crippen LogP contribution in [0.15, 0.2) is 18.2 Å². The summed E-state index contributed by atoms with van der Waals surface area (Å²) in [7, 11) is 0. The Hall–Kier alpha value is -0.930. The lowest BCUT2D eigenvalue weighted by atomic mass is 9.78. The first-order chi connectivity index (χ1) is 7.51. The van der Waals surface area contributed by atoms with Crippen LogP contribution in [0.1, 0.15) is 36.8 Å². The van der Waals surface area contributed by atoms with Gasteiger partial charge in [-0.1, -0.05) is 12.1 Å². The van der Waals surface area contributed by atoms with E-state index in [0.717, 1.165) is 12.8 Å². The molecule has 0 aliphatic heterocycles. The first-order valence-corrected chi connectivity index (χ1v) is 5.76. The largest absolute Gasteiger partial charge is 0.385 e. The van der Waals surface area contributed by atoms with Gasteiger partial charge in [-0.2, -0.15) is 0 Å². The molecular formula is C13H18FNO. The molecule has 2 nitrogen and oxygen atoms in total. The fraction of sp³-hybridized carbons (Fsp3) is 0.538. The highest BCUT2D eigenvalue weighted by atomic mass is 19.1. The summed E-state index contributed by atoms with van der Waals surface area (Å²) in [6.07, 6.45) is 2.84. The molecule has 0 unspecified atom stereocenters. The lowest BCUT2D eigenvalue weighted by Gasteiger charge is -2.35. The second-order valence-electron chi connectivity index (χ2n) is 4.83. The van der Waals surface area contributed by atoms with Crippen molar-refractivity contribution in [2.45, 2.75) is 44.2 Å². The molecule has 0 saturated heterocycles. The molecule has 0 radical (unpaired) electrons. The van der Waals surface area contributed by atoms with Gasteiger partial charge in [0.1, 0.15) is 5.82 Å². The van der Waals surface area contributed by atoms with E-state index in [0.29, 0.717) is 24.0 Å². The molecule has 3 N–H and O–H groups in total. The van der Waals surface area contributed by atoms with E-state index in [1.807, 2.05) is 6.07 Å². The minimum Gasteiger partial charge on any atom is -0.385 e. The quantitative estimate of drug-likeness (QED) is 0.767. The Balaban J connectivity index is 2.25. The van der Waals surface area contributed by atoms with E-state index < -0.39 is 5.60 Å². The maximum absolute atomic E-state index is 13.4. The molecule has 0 amide bonds. The zero-order valence-electron chi connectivity index (χ0n) is 9.54. The third-order valence-corrected chi connectivity index (χ3v) is 3.57. The van der Waals surface area contributed by atoms with Gasteiger partial charge >= 0.3 is 0 Å². The lowest BCUT2D eigenvalue weighted by molar-refractivity contribution is -0.00522. The van der Waals surface area contributed by atoms with Crippen molar-refractivity contribution >= 4 is 0 Å². The van der Waals surface area contributed by atoms with E-state index in [1.165, 1.54) is 6.07 Å². The van der Waals surface area contributed by atoms with E-state index in [4.69, 9.17) is 5.73 Å². The zero-order valence-corrected chi connectivity index (χ0v) is 9.54. The monoisotopic (exact) mass is 223 g/mol. The van der Waals surface area contributed by atoms with Crippen LogP contribution in [0, 0.1) is 12.7 Å². The highest BCUT2D eigenvalue weighted by Gasteiger charge is 2.33. The molecule has 1 fully saturated rings. The van der Waals surface area contributed by atoms with Gasteiger partial charge in [0, 0.05) is 6.04 Å². The summed E-state index contributed by atoms with van der Waals surface area (Å²) in [4.78, 5) is 0. The minimum atomic E-state index is -0.885. The Morgan fingerprint density at radius 2 is 2.00 bits per heavy atom. The fourth-order valence-electron chi connectivity index (χ4n) is 2.29. The van der Waals surface area contributed by atoms with Gasteiger partial charge in [0.25, 0.3) is 0 Å². The number of benzene rings is 1. The molecule has 1 aromatic rings. The number of nitrogens with two attached hydrogens (primary N) is 1. The summed E-state index contributed by atoms with van der Waals surface area (Å²) in [6.45, 7) is 1.72. The van der Waals surface area contributed by atoms with Gasteiger partial charge in [0.2, 0.25) is 0 Å². The van der Waals surface area contributed by atoms with Crippen LogP contribution in [0.5, 0.6) is 0 Å². The van der Waals surface area contributed by atoms with E-state index >= 15 is 0 Å². The fourth-order valence-corrected chi connectivity index (χ4v) is 2.29. The zero-order chi connectivity index (χ0) is 11.8. The van der Waals surface area contributed by atoms with Crippen LogP contribution in [-0.4, -0.2) is 11.1 Å². The number of rotatable bonds is 1. The molecule has 0 spiro atoms. The maximum Gasteiger partial charge on any atom is 0.126 e. The van der Waals surface area contributed by atoms with Gasteiger partial charge < -0.3 is 10.8 Å². The molecule has 0 aromatic heterocycles. The minimum absolute atomic E-state index is 0.176. The van der Waals surface area contributed by atoms with Crippen molar-refractivity contribution < 1.29 is 9.50 Å². The second-order valence-corrected chi connectivity index (χ2v) is 4.83. The Bertz CT molecular complexity index is 384. The average Bonchev–Trinajstić information content (AvgIpc) is 2.26. The van der Waals surface area contributed by atoms with Crippen LogP contribution in [0.3, 0.4) is 0 Å². The molecule has 0 bridgehead atoms.